The Labute approximate surface area is 132 Å². The number of thiophene rings is 1. The number of aryl methyl sites for hydroxylation is 1. The van der Waals surface area contributed by atoms with Gasteiger partial charge in [-0.2, -0.15) is 0 Å². The van der Waals surface area contributed by atoms with Gasteiger partial charge in [0.2, 0.25) is 0 Å². The zero-order chi connectivity index (χ0) is 15.2. The maximum Gasteiger partial charge on any atom is 0.0522 e. The second-order valence-corrected chi connectivity index (χ2v) is 6.61. The van der Waals surface area contributed by atoms with Crippen LogP contribution in [0.5, 0.6) is 0 Å². The molecular formula is C18H26N2S. The molecule has 0 radical (unpaired) electrons. The lowest BCUT2D eigenvalue weighted by molar-refractivity contribution is 0.644. The lowest BCUT2D eigenvalue weighted by Crippen LogP contribution is -2.23. The van der Waals surface area contributed by atoms with Gasteiger partial charge in [-0.1, -0.05) is 19.1 Å². The number of hydrogen-bond acceptors (Lipinski definition) is 3. The Morgan fingerprint density at radius 1 is 1.24 bits per heavy atom. The minimum absolute atomic E-state index is 0.267. The SMILES string of the molecule is CCC(N)Cc1ccc(N(CC)Cc2cccs2)cc1C. The van der Waals surface area contributed by atoms with Gasteiger partial charge in [-0.3, -0.25) is 0 Å². The molecule has 0 amide bonds. The van der Waals surface area contributed by atoms with Crippen LogP contribution in [-0.4, -0.2) is 12.6 Å². The second kappa shape index (κ2) is 7.62. The van der Waals surface area contributed by atoms with Gasteiger partial charge in [-0.15, -0.1) is 11.3 Å². The number of benzene rings is 1. The van der Waals surface area contributed by atoms with Crippen LogP contribution in [-0.2, 0) is 13.0 Å². The molecule has 0 saturated carbocycles. The van der Waals surface area contributed by atoms with Crippen LogP contribution in [0, 0.1) is 6.92 Å². The lowest BCUT2D eigenvalue weighted by atomic mass is 9.99. The number of rotatable bonds is 7. The molecule has 2 aromatic rings. The van der Waals surface area contributed by atoms with Gasteiger partial charge in [-0.05, 0) is 61.4 Å². The number of hydrogen-bond donors (Lipinski definition) is 1. The van der Waals surface area contributed by atoms with Gasteiger partial charge in [0.1, 0.15) is 0 Å². The third kappa shape index (κ3) is 4.32. The molecule has 2 N–H and O–H groups in total. The summed E-state index contributed by atoms with van der Waals surface area (Å²) in [5.41, 5.74) is 10.1. The molecule has 21 heavy (non-hydrogen) atoms. The van der Waals surface area contributed by atoms with E-state index in [0.717, 1.165) is 25.9 Å². The van der Waals surface area contributed by atoms with Crippen LogP contribution >= 0.6 is 11.3 Å². The molecule has 0 spiro atoms. The summed E-state index contributed by atoms with van der Waals surface area (Å²) in [7, 11) is 0. The van der Waals surface area contributed by atoms with Gasteiger partial charge in [0.25, 0.3) is 0 Å². The van der Waals surface area contributed by atoms with Crippen molar-refractivity contribution in [1.82, 2.24) is 0 Å². The molecule has 1 heterocycles. The minimum Gasteiger partial charge on any atom is -0.367 e. The maximum absolute atomic E-state index is 6.08. The monoisotopic (exact) mass is 302 g/mol. The van der Waals surface area contributed by atoms with Crippen LogP contribution in [0.15, 0.2) is 35.7 Å². The van der Waals surface area contributed by atoms with Crippen molar-refractivity contribution in [3.05, 3.63) is 51.7 Å². The average molecular weight is 302 g/mol. The van der Waals surface area contributed by atoms with E-state index in [-0.39, 0.29) is 6.04 Å². The fraction of sp³-hybridized carbons (Fsp3) is 0.444. The minimum atomic E-state index is 0.267. The van der Waals surface area contributed by atoms with Crippen LogP contribution in [0.25, 0.3) is 0 Å². The maximum atomic E-state index is 6.08. The largest absolute Gasteiger partial charge is 0.367 e. The summed E-state index contributed by atoms with van der Waals surface area (Å²) in [5, 5.41) is 2.14. The molecule has 1 atom stereocenters. The highest BCUT2D eigenvalue weighted by atomic mass is 32.1. The second-order valence-electron chi connectivity index (χ2n) is 5.58. The zero-order valence-corrected chi connectivity index (χ0v) is 14.1. The zero-order valence-electron chi connectivity index (χ0n) is 13.3. The van der Waals surface area contributed by atoms with Crippen LogP contribution in [0.3, 0.4) is 0 Å². The van der Waals surface area contributed by atoms with Crippen molar-refractivity contribution in [2.75, 3.05) is 11.4 Å². The van der Waals surface area contributed by atoms with Crippen molar-refractivity contribution in [2.45, 2.75) is 46.2 Å². The van der Waals surface area contributed by atoms with Gasteiger partial charge in [0.05, 0.1) is 6.54 Å². The summed E-state index contributed by atoms with van der Waals surface area (Å²) in [4.78, 5) is 3.83. The van der Waals surface area contributed by atoms with E-state index in [1.54, 1.807) is 0 Å². The van der Waals surface area contributed by atoms with E-state index in [2.05, 4.69) is 61.4 Å². The number of nitrogens with zero attached hydrogens (tertiary/aromatic N) is 1. The Kier molecular flexibility index (Phi) is 5.83. The first-order valence-corrected chi connectivity index (χ1v) is 8.64. The smallest absolute Gasteiger partial charge is 0.0522 e. The van der Waals surface area contributed by atoms with E-state index < -0.39 is 0 Å². The highest BCUT2D eigenvalue weighted by Crippen LogP contribution is 2.23. The van der Waals surface area contributed by atoms with Gasteiger partial charge >= 0.3 is 0 Å². The van der Waals surface area contributed by atoms with Crippen molar-refractivity contribution in [2.24, 2.45) is 5.73 Å². The van der Waals surface area contributed by atoms with E-state index >= 15 is 0 Å². The molecule has 1 aromatic carbocycles. The van der Waals surface area contributed by atoms with Gasteiger partial charge in [-0.25, -0.2) is 0 Å². The van der Waals surface area contributed by atoms with Crippen LogP contribution in [0.2, 0.25) is 0 Å². The summed E-state index contributed by atoms with van der Waals surface area (Å²) in [6.07, 6.45) is 2.00. The molecule has 3 heteroatoms. The molecule has 1 unspecified atom stereocenters. The standard InChI is InChI=1S/C18H26N2S/c1-4-16(19)12-15-8-9-17(11-14(15)3)20(5-2)13-18-7-6-10-21-18/h6-11,16H,4-5,12-13,19H2,1-3H3. The lowest BCUT2D eigenvalue weighted by Gasteiger charge is -2.24. The normalized spacial score (nSPS) is 12.4. The van der Waals surface area contributed by atoms with E-state index in [0.29, 0.717) is 0 Å². The van der Waals surface area contributed by atoms with Gasteiger partial charge in [0, 0.05) is 23.2 Å². The van der Waals surface area contributed by atoms with E-state index in [9.17, 15) is 0 Å². The molecule has 0 bridgehead atoms. The Hall–Kier alpha value is -1.32. The topological polar surface area (TPSA) is 29.3 Å². The summed E-state index contributed by atoms with van der Waals surface area (Å²) in [6, 6.07) is 11.4. The quantitative estimate of drug-likeness (QED) is 0.823. The van der Waals surface area contributed by atoms with Crippen molar-refractivity contribution >= 4 is 17.0 Å². The predicted octanol–water partition coefficient (Wildman–Crippen LogP) is 4.36. The summed E-state index contributed by atoms with van der Waals surface area (Å²) >= 11 is 1.82. The summed E-state index contributed by atoms with van der Waals surface area (Å²) in [5.74, 6) is 0. The Bertz CT molecular complexity index is 548. The first-order chi connectivity index (χ1) is 10.1. The van der Waals surface area contributed by atoms with Gasteiger partial charge < -0.3 is 10.6 Å². The average Bonchev–Trinajstić information content (AvgIpc) is 2.99. The van der Waals surface area contributed by atoms with Crippen LogP contribution in [0.1, 0.15) is 36.3 Å². The van der Waals surface area contributed by atoms with Crippen molar-refractivity contribution in [1.29, 1.82) is 0 Å². The van der Waals surface area contributed by atoms with Crippen molar-refractivity contribution in [3.63, 3.8) is 0 Å². The molecule has 0 aliphatic heterocycles. The molecular weight excluding hydrogens is 276 g/mol. The Morgan fingerprint density at radius 2 is 2.05 bits per heavy atom. The molecule has 0 aliphatic carbocycles. The number of nitrogens with two attached hydrogens (primary N) is 1. The third-order valence-electron chi connectivity index (χ3n) is 4.01. The molecule has 0 aliphatic rings. The molecule has 114 valence electrons. The van der Waals surface area contributed by atoms with E-state index in [4.69, 9.17) is 5.73 Å². The summed E-state index contributed by atoms with van der Waals surface area (Å²) < 4.78 is 0. The molecule has 2 nitrogen and oxygen atoms in total. The van der Waals surface area contributed by atoms with Crippen LogP contribution in [0.4, 0.5) is 5.69 Å². The highest BCUT2D eigenvalue weighted by molar-refractivity contribution is 7.09. The fourth-order valence-corrected chi connectivity index (χ4v) is 3.23. The van der Waals surface area contributed by atoms with E-state index in [1.165, 1.54) is 21.7 Å². The van der Waals surface area contributed by atoms with Crippen molar-refractivity contribution < 1.29 is 0 Å². The predicted molar refractivity (Wildman–Crippen MR) is 94.2 cm³/mol. The summed E-state index contributed by atoms with van der Waals surface area (Å²) in [6.45, 7) is 8.56. The Morgan fingerprint density at radius 3 is 2.62 bits per heavy atom. The highest BCUT2D eigenvalue weighted by Gasteiger charge is 2.09. The molecule has 1 aromatic heterocycles. The first kappa shape index (κ1) is 16.1. The molecule has 0 fully saturated rings. The van der Waals surface area contributed by atoms with Crippen LogP contribution < -0.4 is 10.6 Å². The van der Waals surface area contributed by atoms with E-state index in [1.807, 2.05) is 11.3 Å². The number of anilines is 1. The first-order valence-electron chi connectivity index (χ1n) is 7.76. The third-order valence-corrected chi connectivity index (χ3v) is 4.87. The molecule has 2 rings (SSSR count). The fourth-order valence-electron chi connectivity index (χ4n) is 2.51. The van der Waals surface area contributed by atoms with Crippen molar-refractivity contribution in [3.8, 4) is 0 Å². The Balaban J connectivity index is 2.13. The molecule has 0 saturated heterocycles. The van der Waals surface area contributed by atoms with Gasteiger partial charge in [0.15, 0.2) is 0 Å².